The molecule has 0 bridgehead atoms. The van der Waals surface area contributed by atoms with Crippen LogP contribution in [-0.2, 0) is 24.7 Å². The van der Waals surface area contributed by atoms with Gasteiger partial charge in [0.2, 0.25) is 20.2 Å². The van der Waals surface area contributed by atoms with Gasteiger partial charge in [0.15, 0.2) is 5.60 Å². The Bertz CT molecular complexity index is 1190. The summed E-state index contributed by atoms with van der Waals surface area (Å²) in [7, 11) is -3.44. The van der Waals surface area contributed by atoms with Crippen molar-refractivity contribution in [2.24, 2.45) is 5.92 Å². The first-order valence-electron chi connectivity index (χ1n) is 14.4. The number of fused-ring (bicyclic) bond motifs is 2. The van der Waals surface area contributed by atoms with Crippen LogP contribution in [0.25, 0.3) is 0 Å². The van der Waals surface area contributed by atoms with E-state index in [1.807, 2.05) is 6.92 Å². The molecule has 0 unspecified atom stereocenters. The zero-order valence-electron chi connectivity index (χ0n) is 23.6. The van der Waals surface area contributed by atoms with Crippen molar-refractivity contribution in [3.63, 3.8) is 0 Å². The summed E-state index contributed by atoms with van der Waals surface area (Å²) < 4.78 is 22.7. The maximum absolute atomic E-state index is 16.1. The van der Waals surface area contributed by atoms with Gasteiger partial charge in [-0.25, -0.2) is 0 Å². The van der Waals surface area contributed by atoms with Gasteiger partial charge < -0.3 is 34.4 Å². The number of anilines is 2. The number of carbonyl (C=O) groups excluding carboxylic acids is 3. The van der Waals surface area contributed by atoms with Crippen molar-refractivity contribution in [3.8, 4) is 0 Å². The number of nitrogens with zero attached hydrogens (tertiary/aromatic N) is 2. The minimum atomic E-state index is -3.44. The van der Waals surface area contributed by atoms with Crippen molar-refractivity contribution in [3.05, 3.63) is 36.4 Å². The number of aliphatic hydroxyl groups is 1. The van der Waals surface area contributed by atoms with Crippen LogP contribution >= 0.6 is 0 Å². The van der Waals surface area contributed by atoms with Gasteiger partial charge in [-0.3, -0.25) is 14.4 Å². The summed E-state index contributed by atoms with van der Waals surface area (Å²) in [5.41, 5.74) is -0.350. The molecule has 6 atom stereocenters. The topological polar surface area (TPSA) is 111 Å². The Labute approximate surface area is 236 Å². The maximum Gasteiger partial charge on any atom is 0.264 e. The number of hydrogen-bond acceptors (Lipinski definition) is 6. The zero-order valence-corrected chi connectivity index (χ0v) is 24.6. The van der Waals surface area contributed by atoms with Crippen LogP contribution in [0.15, 0.2) is 30.9 Å². The smallest absolute Gasteiger partial charge is 0.264 e. The first-order valence-corrected chi connectivity index (χ1v) is 17.4. The van der Waals surface area contributed by atoms with Crippen LogP contribution in [0.4, 0.5) is 15.5 Å². The van der Waals surface area contributed by atoms with E-state index in [4.69, 9.17) is 4.74 Å². The van der Waals surface area contributed by atoms with Crippen molar-refractivity contribution < 1.29 is 28.3 Å². The Balaban J connectivity index is 1.52. The third-order valence-corrected chi connectivity index (χ3v) is 11.7. The summed E-state index contributed by atoms with van der Waals surface area (Å²) in [6, 6.07) is 4.82. The fraction of sp³-hybridized carbons (Fsp3) is 0.621. The molecule has 0 saturated carbocycles. The van der Waals surface area contributed by atoms with Gasteiger partial charge in [0, 0.05) is 35.8 Å². The molecule has 0 radical (unpaired) electrons. The Kier molecular flexibility index (Phi) is 7.95. The van der Waals surface area contributed by atoms with Crippen molar-refractivity contribution in [2.75, 3.05) is 36.5 Å². The number of aliphatic hydroxyl groups excluding tert-OH is 1. The number of carbonyl (C=O) groups is 3. The minimum Gasteiger partial charge on any atom is -0.394 e. The number of ether oxygens (including phenoxy) is 1. The third-order valence-electron chi connectivity index (χ3n) is 9.20. The van der Waals surface area contributed by atoms with E-state index in [0.717, 1.165) is 32.2 Å². The lowest BCUT2D eigenvalue weighted by atomic mass is 9.82. The van der Waals surface area contributed by atoms with Crippen LogP contribution in [-0.4, -0.2) is 80.6 Å². The van der Waals surface area contributed by atoms with Gasteiger partial charge in [-0.2, -0.15) is 0 Å². The molecular weight excluding hydrogens is 531 g/mol. The quantitative estimate of drug-likeness (QED) is 0.251. The predicted octanol–water partition coefficient (Wildman–Crippen LogP) is 3.06. The van der Waals surface area contributed by atoms with E-state index >= 15 is 4.11 Å². The Morgan fingerprint density at radius 3 is 2.75 bits per heavy atom. The van der Waals surface area contributed by atoms with E-state index in [1.165, 1.54) is 0 Å². The van der Waals surface area contributed by atoms with Gasteiger partial charge in [0.1, 0.15) is 0 Å². The fourth-order valence-electron chi connectivity index (χ4n) is 7.42. The largest absolute Gasteiger partial charge is 0.394 e. The van der Waals surface area contributed by atoms with E-state index in [1.54, 1.807) is 47.2 Å². The molecule has 40 heavy (non-hydrogen) atoms. The third kappa shape index (κ3) is 4.80. The van der Waals surface area contributed by atoms with Gasteiger partial charge >= 0.3 is 0 Å². The second-order valence-corrected chi connectivity index (χ2v) is 15.9. The van der Waals surface area contributed by atoms with Crippen molar-refractivity contribution in [2.45, 2.75) is 81.5 Å². The molecule has 1 aromatic rings. The van der Waals surface area contributed by atoms with Gasteiger partial charge in [0.25, 0.3) is 5.91 Å². The molecule has 5 rings (SSSR count). The fourth-order valence-corrected chi connectivity index (χ4v) is 9.91. The first kappa shape index (κ1) is 28.9. The van der Waals surface area contributed by atoms with Crippen LogP contribution < -0.4 is 15.5 Å². The van der Waals surface area contributed by atoms with Gasteiger partial charge in [-0.15, -0.1) is 6.58 Å². The van der Waals surface area contributed by atoms with Crippen LogP contribution in [0.1, 0.15) is 44.6 Å². The average Bonchev–Trinajstić information content (AvgIpc) is 3.68. The molecule has 0 aromatic heterocycles. The van der Waals surface area contributed by atoms with Gasteiger partial charge in [-0.05, 0) is 63.5 Å². The highest BCUT2D eigenvalue weighted by Gasteiger charge is 2.67. The van der Waals surface area contributed by atoms with Gasteiger partial charge in [-0.1, -0.05) is 13.0 Å². The minimum absolute atomic E-state index is 0.0541. The maximum atomic E-state index is 16.1. The highest BCUT2D eigenvalue weighted by molar-refractivity contribution is 6.72. The zero-order chi connectivity index (χ0) is 28.8. The van der Waals surface area contributed by atoms with E-state index in [9.17, 15) is 19.5 Å². The van der Waals surface area contributed by atoms with E-state index in [2.05, 4.69) is 17.2 Å². The number of likely N-dealkylation sites (tertiary alicyclic amines) is 1. The molecule has 3 amide bonds. The lowest BCUT2D eigenvalue weighted by Gasteiger charge is -2.31. The summed E-state index contributed by atoms with van der Waals surface area (Å²) in [6.07, 6.45) is 4.02. The van der Waals surface area contributed by atoms with Crippen LogP contribution in [0.5, 0.6) is 0 Å². The molecule has 3 fully saturated rings. The standard InChI is InChI=1S/C29H41FN4O5Si/c1-5-13-34-23-11-10-19(32-27(37)22-9-6-12-31-22)15-21(23)29(28(34)38)18(2)26(40(3,4)30)24(39-29)16-25(36)33-14-7-8-20(33)17-35/h5,10-11,15,18,20,22,24,26,31,35H,1,6-9,12-14,16-17H2,2-4H3,(H,32,37)/t18-,20-,22+,24+,26-,29+/m0/s1. The number of nitrogens with one attached hydrogen (secondary N) is 2. The lowest BCUT2D eigenvalue weighted by Crippen LogP contribution is -2.45. The number of halogens is 1. The van der Waals surface area contributed by atoms with Crippen molar-refractivity contribution in [1.82, 2.24) is 10.2 Å². The second kappa shape index (κ2) is 11.0. The highest BCUT2D eigenvalue weighted by atomic mass is 28.4. The number of hydrogen-bond donors (Lipinski definition) is 3. The molecule has 3 N–H and O–H groups in total. The van der Waals surface area contributed by atoms with Crippen molar-refractivity contribution in [1.29, 1.82) is 0 Å². The van der Waals surface area contributed by atoms with Crippen LogP contribution in [0, 0.1) is 5.92 Å². The molecule has 9 nitrogen and oxygen atoms in total. The summed E-state index contributed by atoms with van der Waals surface area (Å²) in [4.78, 5) is 43.7. The summed E-state index contributed by atoms with van der Waals surface area (Å²) >= 11 is 0. The lowest BCUT2D eigenvalue weighted by molar-refractivity contribution is -0.149. The molecule has 1 spiro atoms. The molecule has 1 aromatic carbocycles. The molecule has 11 heteroatoms. The normalized spacial score (nSPS) is 31.7. The average molecular weight is 573 g/mol. The molecule has 0 aliphatic carbocycles. The predicted molar refractivity (Wildman–Crippen MR) is 153 cm³/mol. The molecule has 3 saturated heterocycles. The first-order chi connectivity index (χ1) is 19.0. The summed E-state index contributed by atoms with van der Waals surface area (Å²) in [5.74, 6) is -1.18. The SMILES string of the molecule is C=CCN1C(=O)[C@]2(O[C@H](CC(=O)N3CCC[C@H]3CO)[C@@H]([Si](C)(C)F)[C@@H]2C)c2cc(NC(=O)[C@H]3CCCN3)ccc21. The molecule has 218 valence electrons. The molecule has 4 aliphatic heterocycles. The highest BCUT2D eigenvalue weighted by Crippen LogP contribution is 2.60. The molecule has 4 aliphatic rings. The Morgan fingerprint density at radius 2 is 2.10 bits per heavy atom. The van der Waals surface area contributed by atoms with E-state index < -0.39 is 31.6 Å². The van der Waals surface area contributed by atoms with E-state index in [-0.39, 0.29) is 49.4 Å². The molecule has 4 heterocycles. The number of rotatable bonds is 8. The van der Waals surface area contributed by atoms with Crippen LogP contribution in [0.2, 0.25) is 18.6 Å². The Hall–Kier alpha value is -2.60. The van der Waals surface area contributed by atoms with Gasteiger partial charge in [0.05, 0.1) is 36.9 Å². The second-order valence-electron chi connectivity index (χ2n) is 12.1. The molecular formula is C29H41FN4O5Si. The monoisotopic (exact) mass is 572 g/mol. The summed E-state index contributed by atoms with van der Waals surface area (Å²) in [6.45, 7) is 10.3. The summed E-state index contributed by atoms with van der Waals surface area (Å²) in [5, 5.41) is 15.9. The Morgan fingerprint density at radius 1 is 1.32 bits per heavy atom. The number of amides is 3. The number of benzene rings is 1. The van der Waals surface area contributed by atoms with E-state index in [0.29, 0.717) is 23.5 Å². The van der Waals surface area contributed by atoms with Crippen molar-refractivity contribution >= 4 is 37.5 Å². The van der Waals surface area contributed by atoms with Crippen LogP contribution in [0.3, 0.4) is 0 Å².